The van der Waals surface area contributed by atoms with Gasteiger partial charge in [0.1, 0.15) is 0 Å². The van der Waals surface area contributed by atoms with E-state index in [1.54, 1.807) is 12.1 Å². The van der Waals surface area contributed by atoms with E-state index in [-0.39, 0.29) is 0 Å². The molecule has 3 rings (SSSR count). The first-order valence-corrected chi connectivity index (χ1v) is 10.8. The van der Waals surface area contributed by atoms with Gasteiger partial charge in [0.2, 0.25) is 10.0 Å². The first-order chi connectivity index (χ1) is 13.0. The molecule has 3 nitrogen and oxygen atoms in total. The zero-order valence-corrected chi connectivity index (χ0v) is 16.3. The Bertz CT molecular complexity index is 1020. The van der Waals surface area contributed by atoms with Crippen LogP contribution in [0.4, 0.5) is 5.69 Å². The Morgan fingerprint density at radius 3 is 1.70 bits per heavy atom. The van der Waals surface area contributed by atoms with Gasteiger partial charge in [0.15, 0.2) is 0 Å². The average Bonchev–Trinajstić information content (AvgIpc) is 2.67. The predicted octanol–water partition coefficient (Wildman–Crippen LogP) is 5.43. The molecule has 27 heavy (non-hydrogen) atoms. The molecule has 3 aromatic carbocycles. The first-order valence-electron chi connectivity index (χ1n) is 8.90. The third kappa shape index (κ3) is 4.86. The van der Waals surface area contributed by atoms with Gasteiger partial charge in [-0.3, -0.25) is 4.72 Å². The van der Waals surface area contributed by atoms with E-state index in [1.165, 1.54) is 11.1 Å². The summed E-state index contributed by atoms with van der Waals surface area (Å²) in [4.78, 5) is 0. The minimum atomic E-state index is -3.29. The van der Waals surface area contributed by atoms with Crippen molar-refractivity contribution in [2.45, 2.75) is 13.3 Å². The Hall–Kier alpha value is -2.85. The lowest BCUT2D eigenvalue weighted by Gasteiger charge is -2.17. The summed E-state index contributed by atoms with van der Waals surface area (Å²) in [5.41, 5.74) is 6.37. The summed E-state index contributed by atoms with van der Waals surface area (Å²) in [5, 5.41) is 0. The Labute approximate surface area is 161 Å². The lowest BCUT2D eigenvalue weighted by Crippen LogP contribution is -2.09. The van der Waals surface area contributed by atoms with Gasteiger partial charge in [0, 0.05) is 5.69 Å². The Morgan fingerprint density at radius 2 is 1.22 bits per heavy atom. The molecule has 0 bridgehead atoms. The van der Waals surface area contributed by atoms with E-state index in [9.17, 15) is 8.42 Å². The second-order valence-corrected chi connectivity index (χ2v) is 8.14. The van der Waals surface area contributed by atoms with Gasteiger partial charge in [0.25, 0.3) is 0 Å². The topological polar surface area (TPSA) is 46.2 Å². The molecule has 0 spiro atoms. The lowest BCUT2D eigenvalue weighted by molar-refractivity contribution is 0.607. The number of hydrogen-bond acceptors (Lipinski definition) is 2. The van der Waals surface area contributed by atoms with Crippen LogP contribution in [0.15, 0.2) is 84.9 Å². The van der Waals surface area contributed by atoms with E-state index in [2.05, 4.69) is 35.9 Å². The van der Waals surface area contributed by atoms with Crippen molar-refractivity contribution in [3.63, 3.8) is 0 Å². The standard InChI is InChI=1S/C23H23NO2S/c1-3-22(18-10-6-4-7-11-18)23(19-12-8-5-9-13-19)20-14-16-21(17-15-20)24-27(2,25)26/h4-17,24H,3H2,1-2H3/b23-22-. The third-order valence-electron chi connectivity index (χ3n) is 4.32. The van der Waals surface area contributed by atoms with Crippen LogP contribution in [-0.2, 0) is 10.0 Å². The normalized spacial score (nSPS) is 12.4. The largest absolute Gasteiger partial charge is 0.284 e. The Morgan fingerprint density at radius 1 is 0.741 bits per heavy atom. The van der Waals surface area contributed by atoms with Crippen LogP contribution >= 0.6 is 0 Å². The van der Waals surface area contributed by atoms with Gasteiger partial charge < -0.3 is 0 Å². The summed E-state index contributed by atoms with van der Waals surface area (Å²) in [6.07, 6.45) is 2.04. The quantitative estimate of drug-likeness (QED) is 0.583. The van der Waals surface area contributed by atoms with Crippen LogP contribution in [0.25, 0.3) is 11.1 Å². The molecular formula is C23H23NO2S. The summed E-state index contributed by atoms with van der Waals surface area (Å²) in [7, 11) is -3.29. The number of rotatable bonds is 6. The van der Waals surface area contributed by atoms with E-state index in [4.69, 9.17) is 0 Å². The van der Waals surface area contributed by atoms with Crippen LogP contribution < -0.4 is 4.72 Å². The average molecular weight is 378 g/mol. The zero-order valence-electron chi connectivity index (χ0n) is 15.5. The van der Waals surface area contributed by atoms with E-state index in [1.807, 2.05) is 48.5 Å². The van der Waals surface area contributed by atoms with Crippen molar-refractivity contribution in [2.24, 2.45) is 0 Å². The SMILES string of the molecule is CC/C(=C(\c1ccccc1)c1ccc(NS(C)(=O)=O)cc1)c1ccccc1. The molecule has 0 fully saturated rings. The van der Waals surface area contributed by atoms with Crippen molar-refractivity contribution in [2.75, 3.05) is 11.0 Å². The highest BCUT2D eigenvalue weighted by atomic mass is 32.2. The number of allylic oxidation sites excluding steroid dienone is 1. The molecule has 0 aliphatic carbocycles. The van der Waals surface area contributed by atoms with Crippen LogP contribution in [-0.4, -0.2) is 14.7 Å². The van der Waals surface area contributed by atoms with E-state index < -0.39 is 10.0 Å². The third-order valence-corrected chi connectivity index (χ3v) is 4.92. The molecule has 0 saturated carbocycles. The molecule has 0 radical (unpaired) electrons. The van der Waals surface area contributed by atoms with Crippen molar-refractivity contribution < 1.29 is 8.42 Å². The summed E-state index contributed by atoms with van der Waals surface area (Å²) >= 11 is 0. The fourth-order valence-electron chi connectivity index (χ4n) is 3.20. The number of anilines is 1. The van der Waals surface area contributed by atoms with Crippen molar-refractivity contribution >= 4 is 26.9 Å². The number of hydrogen-bond donors (Lipinski definition) is 1. The van der Waals surface area contributed by atoms with E-state index in [0.717, 1.165) is 29.4 Å². The molecule has 0 aromatic heterocycles. The lowest BCUT2D eigenvalue weighted by atomic mass is 9.88. The van der Waals surface area contributed by atoms with E-state index in [0.29, 0.717) is 5.69 Å². The number of sulfonamides is 1. The summed E-state index contributed by atoms with van der Waals surface area (Å²) in [6.45, 7) is 2.16. The van der Waals surface area contributed by atoms with Crippen LogP contribution in [0.2, 0.25) is 0 Å². The van der Waals surface area contributed by atoms with Gasteiger partial charge in [-0.15, -0.1) is 0 Å². The molecule has 0 unspecified atom stereocenters. The molecule has 0 aliphatic rings. The monoisotopic (exact) mass is 377 g/mol. The highest BCUT2D eigenvalue weighted by molar-refractivity contribution is 7.92. The minimum absolute atomic E-state index is 0.562. The Balaban J connectivity index is 2.15. The van der Waals surface area contributed by atoms with Crippen molar-refractivity contribution in [3.8, 4) is 0 Å². The summed E-state index contributed by atoms with van der Waals surface area (Å²) in [5.74, 6) is 0. The number of benzene rings is 3. The molecule has 138 valence electrons. The van der Waals surface area contributed by atoms with Crippen LogP contribution in [0.3, 0.4) is 0 Å². The predicted molar refractivity (Wildman–Crippen MR) is 114 cm³/mol. The molecule has 0 atom stereocenters. The highest BCUT2D eigenvalue weighted by Crippen LogP contribution is 2.34. The van der Waals surface area contributed by atoms with Crippen LogP contribution in [0, 0.1) is 0 Å². The van der Waals surface area contributed by atoms with Gasteiger partial charge in [-0.1, -0.05) is 79.7 Å². The van der Waals surface area contributed by atoms with Crippen molar-refractivity contribution in [1.82, 2.24) is 0 Å². The second kappa shape index (κ2) is 8.23. The maximum atomic E-state index is 11.5. The van der Waals surface area contributed by atoms with Gasteiger partial charge >= 0.3 is 0 Å². The highest BCUT2D eigenvalue weighted by Gasteiger charge is 2.13. The maximum absolute atomic E-state index is 11.5. The summed E-state index contributed by atoms with van der Waals surface area (Å²) in [6, 6.07) is 28.2. The van der Waals surface area contributed by atoms with Crippen molar-refractivity contribution in [1.29, 1.82) is 0 Å². The molecule has 3 aromatic rings. The molecule has 1 N–H and O–H groups in total. The number of nitrogens with one attached hydrogen (secondary N) is 1. The van der Waals surface area contributed by atoms with E-state index >= 15 is 0 Å². The van der Waals surface area contributed by atoms with Crippen LogP contribution in [0.5, 0.6) is 0 Å². The molecule has 0 aliphatic heterocycles. The zero-order chi connectivity index (χ0) is 19.3. The molecule has 0 heterocycles. The van der Waals surface area contributed by atoms with Crippen molar-refractivity contribution in [3.05, 3.63) is 102 Å². The van der Waals surface area contributed by atoms with Gasteiger partial charge in [-0.25, -0.2) is 8.42 Å². The smallest absolute Gasteiger partial charge is 0.229 e. The second-order valence-electron chi connectivity index (χ2n) is 6.39. The minimum Gasteiger partial charge on any atom is -0.284 e. The fraction of sp³-hybridized carbons (Fsp3) is 0.130. The molecule has 0 saturated heterocycles. The fourth-order valence-corrected chi connectivity index (χ4v) is 3.77. The summed E-state index contributed by atoms with van der Waals surface area (Å²) < 4.78 is 25.4. The van der Waals surface area contributed by atoms with Crippen LogP contribution in [0.1, 0.15) is 30.0 Å². The van der Waals surface area contributed by atoms with Gasteiger partial charge in [-0.2, -0.15) is 0 Å². The maximum Gasteiger partial charge on any atom is 0.229 e. The van der Waals surface area contributed by atoms with Gasteiger partial charge in [0.05, 0.1) is 6.26 Å². The molecule has 4 heteroatoms. The molecular weight excluding hydrogens is 354 g/mol. The van der Waals surface area contributed by atoms with Gasteiger partial charge in [-0.05, 0) is 46.4 Å². The first kappa shape index (κ1) is 18.9. The Kier molecular flexibility index (Phi) is 5.77. The molecule has 0 amide bonds.